The van der Waals surface area contributed by atoms with Crippen LogP contribution >= 0.6 is 0 Å². The van der Waals surface area contributed by atoms with Gasteiger partial charge in [0.1, 0.15) is 17.6 Å². The van der Waals surface area contributed by atoms with Gasteiger partial charge in [0.05, 0.1) is 0 Å². The van der Waals surface area contributed by atoms with E-state index in [1.165, 1.54) is 44.6 Å². The molecule has 0 spiro atoms. The first-order chi connectivity index (χ1) is 11.4. The van der Waals surface area contributed by atoms with Crippen molar-refractivity contribution < 1.29 is 4.74 Å². The van der Waals surface area contributed by atoms with Crippen LogP contribution < -0.4 is 0 Å². The van der Waals surface area contributed by atoms with Crippen molar-refractivity contribution in [3.05, 3.63) is 24.2 Å². The van der Waals surface area contributed by atoms with Crippen molar-refractivity contribution in [1.82, 2.24) is 19.4 Å². The fourth-order valence-corrected chi connectivity index (χ4v) is 3.95. The van der Waals surface area contributed by atoms with Gasteiger partial charge in [-0.2, -0.15) is 0 Å². The van der Waals surface area contributed by atoms with Gasteiger partial charge in [-0.25, -0.2) is 9.97 Å². The van der Waals surface area contributed by atoms with Crippen LogP contribution in [0.3, 0.4) is 0 Å². The molecule has 0 saturated carbocycles. The first-order valence-electron chi connectivity index (χ1n) is 9.03. The lowest BCUT2D eigenvalue weighted by Gasteiger charge is -2.32. The van der Waals surface area contributed by atoms with Gasteiger partial charge < -0.3 is 9.64 Å². The number of hydrogen-bond donors (Lipinski definition) is 0. The number of aromatic nitrogens is 3. The second kappa shape index (κ2) is 6.57. The van der Waals surface area contributed by atoms with Crippen LogP contribution in [0.5, 0.6) is 0 Å². The molecule has 2 fully saturated rings. The van der Waals surface area contributed by atoms with E-state index in [9.17, 15) is 0 Å². The minimum atomic E-state index is 0.114. The van der Waals surface area contributed by atoms with Gasteiger partial charge in [-0.3, -0.25) is 4.57 Å². The van der Waals surface area contributed by atoms with Crippen LogP contribution in [0.2, 0.25) is 0 Å². The van der Waals surface area contributed by atoms with Crippen LogP contribution in [0, 0.1) is 0 Å². The van der Waals surface area contributed by atoms with Gasteiger partial charge in [0.25, 0.3) is 0 Å². The smallest absolute Gasteiger partial charge is 0.162 e. The highest BCUT2D eigenvalue weighted by Gasteiger charge is 2.29. The number of rotatable bonds is 3. The molecule has 5 heteroatoms. The maximum atomic E-state index is 6.08. The Morgan fingerprint density at radius 1 is 1.22 bits per heavy atom. The number of fused-ring (bicyclic) bond motifs is 1. The molecule has 1 atom stereocenters. The highest BCUT2D eigenvalue weighted by Crippen LogP contribution is 2.34. The van der Waals surface area contributed by atoms with Crippen molar-refractivity contribution >= 4 is 11.2 Å². The summed E-state index contributed by atoms with van der Waals surface area (Å²) in [6.07, 6.45) is 7.82. The van der Waals surface area contributed by atoms with Gasteiger partial charge in [-0.05, 0) is 63.9 Å². The normalized spacial score (nSPS) is 24.3. The zero-order chi connectivity index (χ0) is 15.6. The highest BCUT2D eigenvalue weighted by atomic mass is 16.5. The van der Waals surface area contributed by atoms with E-state index in [1.807, 2.05) is 12.3 Å². The standard InChI is InChI=1S/C18H26N4O/c1-2-21-11-8-14(9-12-21)17-20-15-6-5-10-19-18(15)22(17)16-7-3-4-13-23-16/h5-6,10,14,16H,2-4,7-9,11-13H2,1H3. The first kappa shape index (κ1) is 15.1. The molecule has 0 bridgehead atoms. The molecule has 4 heterocycles. The molecule has 2 saturated heterocycles. The van der Waals surface area contributed by atoms with E-state index >= 15 is 0 Å². The Labute approximate surface area is 137 Å². The number of ether oxygens (including phenoxy) is 1. The summed E-state index contributed by atoms with van der Waals surface area (Å²) < 4.78 is 8.38. The molecule has 2 aliphatic rings. The predicted octanol–water partition coefficient (Wildman–Crippen LogP) is 3.33. The van der Waals surface area contributed by atoms with Crippen molar-refractivity contribution in [1.29, 1.82) is 0 Å². The third kappa shape index (κ3) is 2.88. The molecular formula is C18H26N4O. The van der Waals surface area contributed by atoms with Crippen LogP contribution in [0.15, 0.2) is 18.3 Å². The van der Waals surface area contributed by atoms with Crippen molar-refractivity contribution in [2.75, 3.05) is 26.2 Å². The van der Waals surface area contributed by atoms with E-state index in [4.69, 9.17) is 9.72 Å². The maximum Gasteiger partial charge on any atom is 0.162 e. The summed E-state index contributed by atoms with van der Waals surface area (Å²) >= 11 is 0. The largest absolute Gasteiger partial charge is 0.358 e. The molecule has 2 aromatic rings. The second-order valence-electron chi connectivity index (χ2n) is 6.72. The predicted molar refractivity (Wildman–Crippen MR) is 90.5 cm³/mol. The Morgan fingerprint density at radius 3 is 2.83 bits per heavy atom. The molecule has 2 aliphatic heterocycles. The van der Waals surface area contributed by atoms with E-state index in [-0.39, 0.29) is 6.23 Å². The molecule has 0 aromatic carbocycles. The molecule has 5 nitrogen and oxygen atoms in total. The fourth-order valence-electron chi connectivity index (χ4n) is 3.95. The Bertz CT molecular complexity index is 654. The first-order valence-corrected chi connectivity index (χ1v) is 9.03. The van der Waals surface area contributed by atoms with Gasteiger partial charge in [-0.1, -0.05) is 6.92 Å². The van der Waals surface area contributed by atoms with Gasteiger partial charge in [-0.15, -0.1) is 0 Å². The SMILES string of the molecule is CCN1CCC(c2nc3cccnc3n2C2CCCCO2)CC1. The van der Waals surface area contributed by atoms with Gasteiger partial charge >= 0.3 is 0 Å². The number of pyridine rings is 1. The number of likely N-dealkylation sites (tertiary alicyclic amines) is 1. The third-order valence-corrected chi connectivity index (χ3v) is 5.32. The highest BCUT2D eigenvalue weighted by molar-refractivity contribution is 5.71. The summed E-state index contributed by atoms with van der Waals surface area (Å²) in [5.74, 6) is 1.72. The molecule has 0 radical (unpaired) electrons. The van der Waals surface area contributed by atoms with E-state index in [0.29, 0.717) is 5.92 Å². The van der Waals surface area contributed by atoms with Crippen molar-refractivity contribution in [3.8, 4) is 0 Å². The lowest BCUT2D eigenvalue weighted by Crippen LogP contribution is -2.34. The monoisotopic (exact) mass is 314 g/mol. The van der Waals surface area contributed by atoms with Crippen LogP contribution in [-0.4, -0.2) is 45.7 Å². The molecule has 0 aliphatic carbocycles. The molecule has 4 rings (SSSR count). The van der Waals surface area contributed by atoms with Crippen LogP contribution in [-0.2, 0) is 4.74 Å². The van der Waals surface area contributed by atoms with E-state index in [0.717, 1.165) is 30.7 Å². The molecular weight excluding hydrogens is 288 g/mol. The number of nitrogens with zero attached hydrogens (tertiary/aromatic N) is 4. The zero-order valence-electron chi connectivity index (χ0n) is 13.9. The zero-order valence-corrected chi connectivity index (χ0v) is 13.9. The topological polar surface area (TPSA) is 43.2 Å². The molecule has 0 amide bonds. The number of hydrogen-bond acceptors (Lipinski definition) is 4. The van der Waals surface area contributed by atoms with E-state index in [2.05, 4.69) is 27.4 Å². The Balaban J connectivity index is 1.70. The van der Waals surface area contributed by atoms with E-state index < -0.39 is 0 Å². The summed E-state index contributed by atoms with van der Waals surface area (Å²) in [4.78, 5) is 12.1. The lowest BCUT2D eigenvalue weighted by atomic mass is 9.95. The summed E-state index contributed by atoms with van der Waals surface area (Å²) in [6, 6.07) is 4.05. The average Bonchev–Trinajstić information content (AvgIpc) is 3.02. The fraction of sp³-hybridized carbons (Fsp3) is 0.667. The number of piperidine rings is 1. The molecule has 2 aromatic heterocycles. The van der Waals surface area contributed by atoms with Crippen LogP contribution in [0.25, 0.3) is 11.2 Å². The minimum Gasteiger partial charge on any atom is -0.358 e. The van der Waals surface area contributed by atoms with Crippen molar-refractivity contribution in [2.24, 2.45) is 0 Å². The third-order valence-electron chi connectivity index (χ3n) is 5.32. The molecule has 1 unspecified atom stereocenters. The number of imidazole rings is 1. The quantitative estimate of drug-likeness (QED) is 0.871. The maximum absolute atomic E-state index is 6.08. The average molecular weight is 314 g/mol. The molecule has 0 N–H and O–H groups in total. The molecule has 23 heavy (non-hydrogen) atoms. The lowest BCUT2D eigenvalue weighted by molar-refractivity contribution is -0.0323. The van der Waals surface area contributed by atoms with Crippen LogP contribution in [0.1, 0.15) is 57.0 Å². The summed E-state index contributed by atoms with van der Waals surface area (Å²) in [5, 5.41) is 0. The minimum absolute atomic E-state index is 0.114. The Kier molecular flexibility index (Phi) is 4.31. The Hall–Kier alpha value is -1.46. The van der Waals surface area contributed by atoms with Gasteiger partial charge in [0.15, 0.2) is 5.65 Å². The van der Waals surface area contributed by atoms with Gasteiger partial charge in [0, 0.05) is 18.7 Å². The van der Waals surface area contributed by atoms with Gasteiger partial charge in [0.2, 0.25) is 0 Å². The molecule has 124 valence electrons. The van der Waals surface area contributed by atoms with Crippen molar-refractivity contribution in [3.63, 3.8) is 0 Å². The Morgan fingerprint density at radius 2 is 2.09 bits per heavy atom. The van der Waals surface area contributed by atoms with Crippen molar-refractivity contribution in [2.45, 2.75) is 51.2 Å². The summed E-state index contributed by atoms with van der Waals surface area (Å²) in [7, 11) is 0. The van der Waals surface area contributed by atoms with E-state index in [1.54, 1.807) is 0 Å². The second-order valence-corrected chi connectivity index (χ2v) is 6.72. The van der Waals surface area contributed by atoms with Crippen LogP contribution in [0.4, 0.5) is 0 Å². The summed E-state index contributed by atoms with van der Waals surface area (Å²) in [5.41, 5.74) is 2.00. The summed E-state index contributed by atoms with van der Waals surface area (Å²) in [6.45, 7) is 6.59.